The van der Waals surface area contributed by atoms with Gasteiger partial charge in [0.2, 0.25) is 0 Å². The molecule has 146 valence electrons. The molecule has 9 heteroatoms. The van der Waals surface area contributed by atoms with Crippen molar-refractivity contribution in [3.63, 3.8) is 0 Å². The molecule has 0 N–H and O–H groups in total. The Bertz CT molecular complexity index is 832. The van der Waals surface area contributed by atoms with Gasteiger partial charge in [0.15, 0.2) is 23.1 Å². The molecule has 0 spiro atoms. The molecular formula is C18H16ClF4NO3. The summed E-state index contributed by atoms with van der Waals surface area (Å²) < 4.78 is 61.1. The van der Waals surface area contributed by atoms with Crippen LogP contribution in [-0.4, -0.2) is 31.1 Å². The van der Waals surface area contributed by atoms with Gasteiger partial charge in [-0.2, -0.15) is 8.78 Å². The first kappa shape index (κ1) is 20.8. The van der Waals surface area contributed by atoms with Crippen molar-refractivity contribution >= 4 is 17.5 Å². The Morgan fingerprint density at radius 3 is 2.44 bits per heavy atom. The van der Waals surface area contributed by atoms with Crippen molar-refractivity contribution in [2.45, 2.75) is 20.1 Å². The van der Waals surface area contributed by atoms with Gasteiger partial charge in [0.25, 0.3) is 5.91 Å². The van der Waals surface area contributed by atoms with Crippen molar-refractivity contribution in [3.05, 3.63) is 58.1 Å². The van der Waals surface area contributed by atoms with Gasteiger partial charge < -0.3 is 14.4 Å². The van der Waals surface area contributed by atoms with E-state index in [0.29, 0.717) is 5.56 Å². The Hall–Kier alpha value is -2.48. The minimum absolute atomic E-state index is 0.0448. The van der Waals surface area contributed by atoms with E-state index in [1.165, 1.54) is 30.1 Å². The first-order chi connectivity index (χ1) is 12.7. The van der Waals surface area contributed by atoms with E-state index < -0.39 is 24.2 Å². The van der Waals surface area contributed by atoms with Gasteiger partial charge in [-0.3, -0.25) is 4.79 Å². The molecular weight excluding hydrogens is 390 g/mol. The van der Waals surface area contributed by atoms with E-state index in [1.807, 2.05) is 0 Å². The lowest BCUT2D eigenvalue weighted by molar-refractivity contribution is -0.0514. The summed E-state index contributed by atoms with van der Waals surface area (Å²) in [7, 11) is 1.43. The van der Waals surface area contributed by atoms with Gasteiger partial charge in [0.05, 0.1) is 17.2 Å². The number of hydrogen-bond donors (Lipinski definition) is 0. The molecule has 2 aromatic carbocycles. The third-order valence-electron chi connectivity index (χ3n) is 3.53. The number of carbonyl (C=O) groups excluding carboxylic acids is 1. The zero-order chi connectivity index (χ0) is 20.1. The summed E-state index contributed by atoms with van der Waals surface area (Å²) in [6.07, 6.45) is 0. The van der Waals surface area contributed by atoms with Gasteiger partial charge in [-0.1, -0.05) is 17.7 Å². The van der Waals surface area contributed by atoms with Crippen molar-refractivity contribution in [3.8, 4) is 11.5 Å². The van der Waals surface area contributed by atoms with E-state index in [-0.39, 0.29) is 35.2 Å². The third-order valence-corrected chi connectivity index (χ3v) is 3.84. The second kappa shape index (κ2) is 8.94. The number of nitrogens with zero attached hydrogens (tertiary/aromatic N) is 1. The predicted molar refractivity (Wildman–Crippen MR) is 91.4 cm³/mol. The molecule has 2 aromatic rings. The van der Waals surface area contributed by atoms with Crippen LogP contribution in [-0.2, 0) is 6.54 Å². The highest BCUT2D eigenvalue weighted by atomic mass is 35.5. The maximum Gasteiger partial charge on any atom is 0.387 e. The summed E-state index contributed by atoms with van der Waals surface area (Å²) in [5, 5.41) is -0.221. The second-order valence-electron chi connectivity index (χ2n) is 5.50. The van der Waals surface area contributed by atoms with Crippen LogP contribution in [0.25, 0.3) is 0 Å². The summed E-state index contributed by atoms with van der Waals surface area (Å²) in [6.45, 7) is -1.06. The summed E-state index contributed by atoms with van der Waals surface area (Å²) in [4.78, 5) is 13.7. The number of rotatable bonds is 7. The Morgan fingerprint density at radius 1 is 1.15 bits per heavy atom. The molecule has 0 unspecified atom stereocenters. The Morgan fingerprint density at radius 2 is 1.81 bits per heavy atom. The molecule has 0 atom stereocenters. The van der Waals surface area contributed by atoms with Crippen molar-refractivity contribution in [1.82, 2.24) is 4.90 Å². The van der Waals surface area contributed by atoms with Gasteiger partial charge in [0, 0.05) is 13.6 Å². The fourth-order valence-electron chi connectivity index (χ4n) is 2.35. The van der Waals surface area contributed by atoms with Crippen LogP contribution in [0.3, 0.4) is 0 Å². The van der Waals surface area contributed by atoms with E-state index in [1.54, 1.807) is 6.92 Å². The summed E-state index contributed by atoms with van der Waals surface area (Å²) in [5.74, 6) is -3.02. The topological polar surface area (TPSA) is 38.8 Å². The van der Waals surface area contributed by atoms with Crippen LogP contribution in [0, 0.1) is 11.6 Å². The number of benzene rings is 2. The molecule has 4 nitrogen and oxygen atoms in total. The highest BCUT2D eigenvalue weighted by Crippen LogP contribution is 2.30. The molecule has 0 aromatic heterocycles. The predicted octanol–water partition coefficient (Wildman–Crippen LogP) is 4.89. The maximum absolute atomic E-state index is 13.4. The highest BCUT2D eigenvalue weighted by Gasteiger charge is 2.19. The first-order valence-electron chi connectivity index (χ1n) is 7.83. The molecule has 0 saturated carbocycles. The summed E-state index contributed by atoms with van der Waals surface area (Å²) in [5.41, 5.74) is 0.357. The van der Waals surface area contributed by atoms with Crippen LogP contribution in [0.5, 0.6) is 11.5 Å². The third kappa shape index (κ3) is 5.26. The lowest BCUT2D eigenvalue weighted by Crippen LogP contribution is -2.26. The van der Waals surface area contributed by atoms with Crippen molar-refractivity contribution in [2.24, 2.45) is 0 Å². The number of halogens is 5. The molecule has 0 bridgehead atoms. The Labute approximate surface area is 158 Å². The average molecular weight is 406 g/mol. The van der Waals surface area contributed by atoms with E-state index in [0.717, 1.165) is 12.1 Å². The standard InChI is InChI=1S/C18H16ClF4NO3/c1-3-26-16-6-10(4-5-15(16)27-18(22)23)9-24(2)17(25)11-7-13(20)14(21)8-12(11)19/h4-8,18H,3,9H2,1-2H3. The molecule has 2 rings (SSSR count). The minimum atomic E-state index is -3.00. The molecule has 0 heterocycles. The fraction of sp³-hybridized carbons (Fsp3) is 0.278. The molecule has 0 radical (unpaired) electrons. The SMILES string of the molecule is CCOc1cc(CN(C)C(=O)c2cc(F)c(F)cc2Cl)ccc1OC(F)F. The van der Waals surface area contributed by atoms with Gasteiger partial charge in [-0.05, 0) is 36.8 Å². The zero-order valence-corrected chi connectivity index (χ0v) is 15.2. The zero-order valence-electron chi connectivity index (χ0n) is 14.4. The monoisotopic (exact) mass is 405 g/mol. The molecule has 27 heavy (non-hydrogen) atoms. The van der Waals surface area contributed by atoms with E-state index in [9.17, 15) is 22.4 Å². The lowest BCUT2D eigenvalue weighted by atomic mass is 10.1. The number of hydrogen-bond acceptors (Lipinski definition) is 3. The molecule has 0 aliphatic rings. The number of alkyl halides is 2. The normalized spacial score (nSPS) is 10.8. The first-order valence-corrected chi connectivity index (χ1v) is 8.21. The minimum Gasteiger partial charge on any atom is -0.490 e. The van der Waals surface area contributed by atoms with Crippen LogP contribution >= 0.6 is 11.6 Å². The van der Waals surface area contributed by atoms with Crippen molar-refractivity contribution in [1.29, 1.82) is 0 Å². The molecule has 1 amide bonds. The van der Waals surface area contributed by atoms with E-state index in [2.05, 4.69) is 4.74 Å². The van der Waals surface area contributed by atoms with Crippen molar-refractivity contribution < 1.29 is 31.8 Å². The molecule has 0 aliphatic carbocycles. The van der Waals surface area contributed by atoms with E-state index >= 15 is 0 Å². The molecule has 0 saturated heterocycles. The van der Waals surface area contributed by atoms with Crippen LogP contribution < -0.4 is 9.47 Å². The quantitative estimate of drug-likeness (QED) is 0.486. The number of amides is 1. The van der Waals surface area contributed by atoms with Crippen LogP contribution in [0.1, 0.15) is 22.8 Å². The number of ether oxygens (including phenoxy) is 2. The Balaban J connectivity index is 2.21. The maximum atomic E-state index is 13.4. The smallest absolute Gasteiger partial charge is 0.387 e. The van der Waals surface area contributed by atoms with Gasteiger partial charge in [-0.25, -0.2) is 8.78 Å². The number of carbonyl (C=O) groups is 1. The molecule has 0 fully saturated rings. The van der Waals surface area contributed by atoms with Crippen LogP contribution in [0.4, 0.5) is 17.6 Å². The lowest BCUT2D eigenvalue weighted by Gasteiger charge is -2.19. The highest BCUT2D eigenvalue weighted by molar-refractivity contribution is 6.33. The summed E-state index contributed by atoms with van der Waals surface area (Å²) in [6, 6.07) is 5.69. The van der Waals surface area contributed by atoms with Gasteiger partial charge >= 0.3 is 6.61 Å². The fourth-order valence-corrected chi connectivity index (χ4v) is 2.58. The molecule has 0 aliphatic heterocycles. The van der Waals surface area contributed by atoms with Crippen LogP contribution in [0.2, 0.25) is 5.02 Å². The average Bonchev–Trinajstić information content (AvgIpc) is 2.59. The largest absolute Gasteiger partial charge is 0.490 e. The summed E-state index contributed by atoms with van der Waals surface area (Å²) >= 11 is 5.82. The Kier molecular flexibility index (Phi) is 6.90. The van der Waals surface area contributed by atoms with Crippen LogP contribution in [0.15, 0.2) is 30.3 Å². The van der Waals surface area contributed by atoms with Gasteiger partial charge in [-0.15, -0.1) is 0 Å². The second-order valence-corrected chi connectivity index (χ2v) is 5.91. The van der Waals surface area contributed by atoms with Gasteiger partial charge in [0.1, 0.15) is 0 Å². The van der Waals surface area contributed by atoms with E-state index in [4.69, 9.17) is 16.3 Å². The van der Waals surface area contributed by atoms with Crippen molar-refractivity contribution in [2.75, 3.05) is 13.7 Å².